The Morgan fingerprint density at radius 3 is 2.52 bits per heavy atom. The fourth-order valence-corrected chi connectivity index (χ4v) is 4.96. The van der Waals surface area contributed by atoms with Crippen molar-refractivity contribution >= 4 is 17.7 Å². The van der Waals surface area contributed by atoms with Crippen LogP contribution >= 0.6 is 11.8 Å². The molecule has 0 saturated carbocycles. The Kier molecular flexibility index (Phi) is 8.35. The minimum atomic E-state index is -1.41. The van der Waals surface area contributed by atoms with Gasteiger partial charge in [-0.15, -0.1) is 11.8 Å². The van der Waals surface area contributed by atoms with Crippen LogP contribution in [0, 0.1) is 5.92 Å². The maximum absolute atomic E-state index is 12.9. The van der Waals surface area contributed by atoms with Gasteiger partial charge in [0.25, 0.3) is 5.91 Å². The van der Waals surface area contributed by atoms with Gasteiger partial charge in [0.05, 0.1) is 25.7 Å². The number of likely N-dealkylation sites (tertiary alicyclic amines) is 1. The Morgan fingerprint density at radius 2 is 1.96 bits per heavy atom. The summed E-state index contributed by atoms with van der Waals surface area (Å²) in [5.41, 5.74) is -0.750. The summed E-state index contributed by atoms with van der Waals surface area (Å²) in [6, 6.07) is -1.10. The van der Waals surface area contributed by atoms with E-state index in [-0.39, 0.29) is 11.9 Å². The van der Waals surface area contributed by atoms with Gasteiger partial charge in [-0.05, 0) is 19.6 Å². The van der Waals surface area contributed by atoms with Gasteiger partial charge in [0.2, 0.25) is 0 Å². The van der Waals surface area contributed by atoms with Gasteiger partial charge in [-0.3, -0.25) is 4.79 Å². The van der Waals surface area contributed by atoms with E-state index in [1.54, 1.807) is 6.26 Å². The van der Waals surface area contributed by atoms with E-state index in [4.69, 9.17) is 4.74 Å². The molecule has 1 amide bonds. The number of aliphatic hydroxyl groups excluding tert-OH is 4. The lowest BCUT2D eigenvalue weighted by atomic mass is 9.92. The topological polar surface area (TPSA) is 124 Å². The first-order valence-electron chi connectivity index (χ1n) is 9.74. The van der Waals surface area contributed by atoms with Gasteiger partial charge >= 0.3 is 0 Å². The van der Waals surface area contributed by atoms with Crippen LogP contribution < -0.4 is 10.2 Å². The first-order chi connectivity index (χ1) is 12.7. The van der Waals surface area contributed by atoms with Crippen molar-refractivity contribution in [1.82, 2.24) is 5.32 Å². The molecule has 2 rings (SSSR count). The van der Waals surface area contributed by atoms with Gasteiger partial charge in [0, 0.05) is 12.3 Å². The minimum Gasteiger partial charge on any atom is -0.391 e. The van der Waals surface area contributed by atoms with E-state index < -0.39 is 42.0 Å². The molecule has 1 unspecified atom stereocenters. The summed E-state index contributed by atoms with van der Waals surface area (Å²) >= 11 is 1.20. The number of quaternary nitrogens is 1. The fraction of sp³-hybridized carbons (Fsp3) is 0.944. The Balaban J connectivity index is 2.09. The molecule has 0 aromatic carbocycles. The van der Waals surface area contributed by atoms with E-state index in [0.29, 0.717) is 5.92 Å². The van der Waals surface area contributed by atoms with Crippen LogP contribution in [0.3, 0.4) is 0 Å². The van der Waals surface area contributed by atoms with Gasteiger partial charge in [0.15, 0.2) is 6.04 Å². The average molecular weight is 408 g/mol. The summed E-state index contributed by atoms with van der Waals surface area (Å²) in [6.07, 6.45) is -1.39. The zero-order valence-electron chi connectivity index (χ0n) is 16.5. The number of hydrogen-bond donors (Lipinski definition) is 6. The van der Waals surface area contributed by atoms with Crippen molar-refractivity contribution in [3.05, 3.63) is 0 Å². The lowest BCUT2D eigenvalue weighted by Gasteiger charge is -2.44. The van der Waals surface area contributed by atoms with Crippen molar-refractivity contribution in [1.29, 1.82) is 0 Å². The van der Waals surface area contributed by atoms with Crippen LogP contribution in [0.5, 0.6) is 0 Å². The van der Waals surface area contributed by atoms with Crippen LogP contribution in [0.2, 0.25) is 0 Å². The third-order valence-corrected chi connectivity index (χ3v) is 6.66. The molecule has 0 aliphatic carbocycles. The number of carbonyl (C=O) groups is 1. The quantitative estimate of drug-likeness (QED) is 0.281. The van der Waals surface area contributed by atoms with Gasteiger partial charge in [-0.1, -0.05) is 13.3 Å². The monoisotopic (exact) mass is 407 g/mol. The largest absolute Gasteiger partial charge is 0.391 e. The van der Waals surface area contributed by atoms with Crippen LogP contribution in [-0.2, 0) is 9.53 Å². The number of carbonyl (C=O) groups excluding carboxylic acids is 1. The Bertz CT molecular complexity index is 494. The highest BCUT2D eigenvalue weighted by atomic mass is 32.2. The van der Waals surface area contributed by atoms with Crippen LogP contribution in [-0.4, -0.2) is 94.2 Å². The molecule has 6 N–H and O–H groups in total. The Morgan fingerprint density at radius 1 is 1.30 bits per heavy atom. The minimum absolute atomic E-state index is 0.186. The van der Waals surface area contributed by atoms with E-state index in [0.717, 1.165) is 30.7 Å². The number of thioether (sulfide) groups is 1. The van der Waals surface area contributed by atoms with Gasteiger partial charge < -0.3 is 35.4 Å². The molecule has 27 heavy (non-hydrogen) atoms. The second-order valence-corrected chi connectivity index (χ2v) is 8.88. The molecule has 0 aromatic rings. The van der Waals surface area contributed by atoms with Crippen LogP contribution in [0.1, 0.15) is 33.1 Å². The molecule has 2 saturated heterocycles. The fourth-order valence-electron chi connectivity index (χ4n) is 4.28. The predicted octanol–water partition coefficient (Wildman–Crippen LogP) is -2.27. The molecule has 2 aliphatic rings. The molecule has 2 aliphatic heterocycles. The van der Waals surface area contributed by atoms with Crippen molar-refractivity contribution in [3.63, 3.8) is 0 Å². The van der Waals surface area contributed by atoms with Crippen molar-refractivity contribution in [2.45, 2.75) is 81.1 Å². The number of amides is 1. The van der Waals surface area contributed by atoms with Crippen LogP contribution in [0.4, 0.5) is 0 Å². The highest BCUT2D eigenvalue weighted by molar-refractivity contribution is 7.99. The molecular weight excluding hydrogens is 372 g/mol. The van der Waals surface area contributed by atoms with E-state index in [9.17, 15) is 25.2 Å². The maximum atomic E-state index is 12.9. The smallest absolute Gasteiger partial charge is 0.278 e. The number of hydrogen-bond acceptors (Lipinski definition) is 7. The number of ether oxygens (including phenoxy) is 1. The normalized spacial score (nSPS) is 41.9. The van der Waals surface area contributed by atoms with Gasteiger partial charge in [-0.25, -0.2) is 0 Å². The third-order valence-electron chi connectivity index (χ3n) is 5.81. The van der Waals surface area contributed by atoms with Crippen molar-refractivity contribution < 1.29 is 34.9 Å². The lowest BCUT2D eigenvalue weighted by Crippen LogP contribution is -3.12. The molecule has 8 nitrogen and oxygen atoms in total. The molecule has 0 spiro atoms. The summed E-state index contributed by atoms with van der Waals surface area (Å²) in [7, 11) is 1.99. The Labute approximate surface area is 165 Å². The standard InChI is InChI=1S/C18H34N2O6S/c1-5-6-10-7-11(20(3)8-10)17(25)19-12(9(2)21)16-14(23)13(22)15(24)18(26-16)27-4/h9-16,18,21-24H,5-8H2,1-4H3,(H,19,25)/p+1/t9-,10-,11-,12-,13+,14-,15+,16-,18+/m1/s1. The van der Waals surface area contributed by atoms with Crippen molar-refractivity contribution in [2.75, 3.05) is 19.8 Å². The highest BCUT2D eigenvalue weighted by Gasteiger charge is 2.49. The van der Waals surface area contributed by atoms with Gasteiger partial charge in [-0.2, -0.15) is 0 Å². The molecule has 10 atom stereocenters. The summed E-state index contributed by atoms with van der Waals surface area (Å²) in [5, 5.41) is 43.6. The van der Waals surface area contributed by atoms with E-state index in [2.05, 4.69) is 12.2 Å². The molecule has 0 aromatic heterocycles. The summed E-state index contributed by atoms with van der Waals surface area (Å²) in [5.74, 6) is 0.319. The second-order valence-electron chi connectivity index (χ2n) is 7.95. The number of nitrogens with one attached hydrogen (secondary N) is 2. The zero-order valence-corrected chi connectivity index (χ0v) is 17.4. The third kappa shape index (κ3) is 5.14. The zero-order chi connectivity index (χ0) is 20.3. The van der Waals surface area contributed by atoms with Crippen molar-refractivity contribution in [3.8, 4) is 0 Å². The number of rotatable bonds is 7. The number of aliphatic hydroxyl groups is 4. The maximum Gasteiger partial charge on any atom is 0.278 e. The molecular formula is C18H35N2O6S+. The summed E-state index contributed by atoms with van der Waals surface area (Å²) in [4.78, 5) is 14.0. The molecule has 2 fully saturated rings. The van der Waals surface area contributed by atoms with Crippen molar-refractivity contribution in [2.24, 2.45) is 5.92 Å². The van der Waals surface area contributed by atoms with Gasteiger partial charge in [0.1, 0.15) is 29.9 Å². The summed E-state index contributed by atoms with van der Waals surface area (Å²) < 4.78 is 5.73. The second kappa shape index (κ2) is 9.87. The lowest BCUT2D eigenvalue weighted by molar-refractivity contribution is -0.884. The SMILES string of the molecule is CCC[C@@H]1C[C@H](C(=O)N[C@@H]([C@H]2O[C@@H](SC)[C@@H](O)[C@@H](O)[C@H]2O)[C@@H](C)O)[NH+](C)C1. The van der Waals surface area contributed by atoms with E-state index in [1.165, 1.54) is 18.7 Å². The van der Waals surface area contributed by atoms with E-state index >= 15 is 0 Å². The van der Waals surface area contributed by atoms with Crippen LogP contribution in [0.25, 0.3) is 0 Å². The molecule has 158 valence electrons. The van der Waals surface area contributed by atoms with E-state index in [1.807, 2.05) is 7.05 Å². The molecule has 0 radical (unpaired) electrons. The first kappa shape index (κ1) is 22.9. The highest BCUT2D eigenvalue weighted by Crippen LogP contribution is 2.29. The average Bonchev–Trinajstić information content (AvgIpc) is 2.99. The first-order valence-corrected chi connectivity index (χ1v) is 11.0. The number of likely N-dealkylation sites (N-methyl/N-ethyl adjacent to an activating group) is 1. The summed E-state index contributed by atoms with van der Waals surface area (Å²) in [6.45, 7) is 4.58. The molecule has 0 bridgehead atoms. The molecule has 2 heterocycles. The Hall–Kier alpha value is -0.420. The van der Waals surface area contributed by atoms with Crippen LogP contribution in [0.15, 0.2) is 0 Å². The molecule has 9 heteroatoms. The predicted molar refractivity (Wildman–Crippen MR) is 102 cm³/mol.